The van der Waals surface area contributed by atoms with E-state index in [2.05, 4.69) is 27.9 Å². The number of nitrogens with one attached hydrogen (secondary N) is 1. The molecule has 0 radical (unpaired) electrons. The number of amides is 4. The number of barbiturate groups is 1. The molecule has 178 valence electrons. The number of hydrogen-bond acceptors (Lipinski definition) is 5. The Morgan fingerprint density at radius 3 is 2.50 bits per heavy atom. The molecule has 7 nitrogen and oxygen atoms in total. The first-order chi connectivity index (χ1) is 16.4. The number of ether oxygens (including phenoxy) is 2. The van der Waals surface area contributed by atoms with Crippen molar-refractivity contribution in [2.75, 3.05) is 6.61 Å². The quantitative estimate of drug-likeness (QED) is 0.266. The van der Waals surface area contributed by atoms with E-state index < -0.39 is 17.8 Å². The van der Waals surface area contributed by atoms with Crippen LogP contribution in [0.1, 0.15) is 43.7 Å². The van der Waals surface area contributed by atoms with E-state index in [4.69, 9.17) is 21.1 Å². The smallest absolute Gasteiger partial charge is 0.331 e. The number of rotatable bonds is 7. The molecule has 0 bridgehead atoms. The van der Waals surface area contributed by atoms with Crippen molar-refractivity contribution in [3.63, 3.8) is 0 Å². The van der Waals surface area contributed by atoms with E-state index in [1.54, 1.807) is 18.2 Å². The molecule has 1 N–H and O–H groups in total. The molecule has 0 aromatic heterocycles. The van der Waals surface area contributed by atoms with Crippen molar-refractivity contribution >= 4 is 58.1 Å². The highest BCUT2D eigenvalue weighted by atomic mass is 127. The van der Waals surface area contributed by atoms with Gasteiger partial charge in [-0.2, -0.15) is 0 Å². The molecule has 9 heteroatoms. The summed E-state index contributed by atoms with van der Waals surface area (Å²) in [5, 5.41) is 2.96. The van der Waals surface area contributed by atoms with Gasteiger partial charge >= 0.3 is 6.03 Å². The molecular weight excluding hydrogens is 571 g/mol. The van der Waals surface area contributed by atoms with E-state index in [1.807, 2.05) is 25.1 Å². The van der Waals surface area contributed by atoms with Crippen LogP contribution in [-0.4, -0.2) is 35.4 Å². The fourth-order valence-corrected chi connectivity index (χ4v) is 5.05. The second-order valence-corrected chi connectivity index (χ2v) is 9.71. The average molecular weight is 595 g/mol. The number of nitrogens with zero attached hydrogens (tertiary/aromatic N) is 1. The topological polar surface area (TPSA) is 84.9 Å². The van der Waals surface area contributed by atoms with E-state index in [0.717, 1.165) is 34.8 Å². The maximum atomic E-state index is 13.1. The molecule has 1 aliphatic carbocycles. The molecular formula is C25H24ClIN2O5. The van der Waals surface area contributed by atoms with Gasteiger partial charge in [0.15, 0.2) is 11.5 Å². The second-order valence-electron chi connectivity index (χ2n) is 8.11. The normalized spacial score (nSPS) is 17.9. The molecule has 34 heavy (non-hydrogen) atoms. The maximum Gasteiger partial charge on any atom is 0.331 e. The van der Waals surface area contributed by atoms with E-state index >= 15 is 0 Å². The van der Waals surface area contributed by atoms with E-state index in [9.17, 15) is 14.4 Å². The van der Waals surface area contributed by atoms with Gasteiger partial charge in [-0.05, 0) is 83.8 Å². The summed E-state index contributed by atoms with van der Waals surface area (Å²) in [7, 11) is 0. The highest BCUT2D eigenvalue weighted by Gasteiger charge is 2.40. The summed E-state index contributed by atoms with van der Waals surface area (Å²) >= 11 is 8.09. The van der Waals surface area contributed by atoms with Gasteiger partial charge in [-0.3, -0.25) is 19.8 Å². The van der Waals surface area contributed by atoms with Gasteiger partial charge < -0.3 is 9.47 Å². The first-order valence-electron chi connectivity index (χ1n) is 11.1. The Kier molecular flexibility index (Phi) is 7.77. The summed E-state index contributed by atoms with van der Waals surface area (Å²) < 4.78 is 12.6. The SMILES string of the molecule is CCOc1cc(/C=C2\C(=O)NC(=O)N(C3CCCC3)C2=O)cc(I)c1OCc1ccc(Cl)cc1. The minimum atomic E-state index is -0.694. The molecule has 2 fully saturated rings. The van der Waals surface area contributed by atoms with Crippen molar-refractivity contribution < 1.29 is 23.9 Å². The Labute approximate surface area is 216 Å². The zero-order valence-corrected chi connectivity index (χ0v) is 21.5. The summed E-state index contributed by atoms with van der Waals surface area (Å²) in [6, 6.07) is 10.1. The lowest BCUT2D eigenvalue weighted by molar-refractivity contribution is -0.131. The summed E-state index contributed by atoms with van der Waals surface area (Å²) in [5.41, 5.74) is 1.49. The minimum absolute atomic E-state index is 0.0698. The van der Waals surface area contributed by atoms with Gasteiger partial charge in [-0.1, -0.05) is 36.6 Å². The zero-order valence-electron chi connectivity index (χ0n) is 18.6. The van der Waals surface area contributed by atoms with Gasteiger partial charge in [0.2, 0.25) is 0 Å². The van der Waals surface area contributed by atoms with Crippen LogP contribution in [0.4, 0.5) is 4.79 Å². The molecule has 1 heterocycles. The second kappa shape index (κ2) is 10.8. The van der Waals surface area contributed by atoms with Crippen molar-refractivity contribution in [3.8, 4) is 11.5 Å². The van der Waals surface area contributed by atoms with Crippen molar-refractivity contribution in [1.82, 2.24) is 10.2 Å². The molecule has 2 aromatic carbocycles. The summed E-state index contributed by atoms with van der Waals surface area (Å²) in [6.45, 7) is 2.61. The summed E-state index contributed by atoms with van der Waals surface area (Å²) in [6.07, 6.45) is 4.93. The van der Waals surface area contributed by atoms with Gasteiger partial charge in [0.05, 0.1) is 10.2 Å². The van der Waals surface area contributed by atoms with Gasteiger partial charge in [0, 0.05) is 11.1 Å². The molecule has 2 aliphatic rings. The van der Waals surface area contributed by atoms with Gasteiger partial charge in [0.1, 0.15) is 12.2 Å². The zero-order chi connectivity index (χ0) is 24.2. The Hall–Kier alpha value is -2.59. The van der Waals surface area contributed by atoms with Crippen LogP contribution in [0.25, 0.3) is 6.08 Å². The fourth-order valence-electron chi connectivity index (χ4n) is 4.14. The Morgan fingerprint density at radius 1 is 1.12 bits per heavy atom. The Bertz CT molecular complexity index is 1140. The van der Waals surface area contributed by atoms with Gasteiger partial charge in [0.25, 0.3) is 11.8 Å². The molecule has 1 saturated carbocycles. The summed E-state index contributed by atoms with van der Waals surface area (Å²) in [5.74, 6) is -0.179. The lowest BCUT2D eigenvalue weighted by Crippen LogP contribution is -2.57. The van der Waals surface area contributed by atoms with Gasteiger partial charge in [-0.25, -0.2) is 4.79 Å². The lowest BCUT2D eigenvalue weighted by atomic mass is 10.0. The average Bonchev–Trinajstić information content (AvgIpc) is 3.32. The minimum Gasteiger partial charge on any atom is -0.490 e. The lowest BCUT2D eigenvalue weighted by Gasteiger charge is -2.31. The van der Waals surface area contributed by atoms with Crippen molar-refractivity contribution in [3.05, 3.63) is 61.7 Å². The number of imide groups is 2. The van der Waals surface area contributed by atoms with Gasteiger partial charge in [-0.15, -0.1) is 0 Å². The third kappa shape index (κ3) is 5.38. The predicted molar refractivity (Wildman–Crippen MR) is 137 cm³/mol. The number of benzene rings is 2. The number of hydrogen-bond donors (Lipinski definition) is 1. The van der Waals surface area contributed by atoms with Crippen molar-refractivity contribution in [2.24, 2.45) is 0 Å². The Morgan fingerprint density at radius 2 is 1.82 bits per heavy atom. The monoisotopic (exact) mass is 594 g/mol. The first kappa shape index (κ1) is 24.5. The third-order valence-corrected chi connectivity index (χ3v) is 6.82. The third-order valence-electron chi connectivity index (χ3n) is 5.76. The fraction of sp³-hybridized carbons (Fsp3) is 0.320. The molecule has 0 unspecified atom stereocenters. The molecule has 0 spiro atoms. The number of carbonyl (C=O) groups excluding carboxylic acids is 3. The molecule has 1 aliphatic heterocycles. The number of urea groups is 1. The maximum absolute atomic E-state index is 13.1. The number of halogens is 2. The Balaban J connectivity index is 1.61. The van der Waals surface area contributed by atoms with Crippen LogP contribution in [0.5, 0.6) is 11.5 Å². The highest BCUT2D eigenvalue weighted by molar-refractivity contribution is 14.1. The van der Waals surface area contributed by atoms with E-state index in [0.29, 0.717) is 35.3 Å². The molecule has 2 aromatic rings. The first-order valence-corrected chi connectivity index (χ1v) is 12.6. The largest absolute Gasteiger partial charge is 0.490 e. The van der Waals surface area contributed by atoms with Crippen LogP contribution in [-0.2, 0) is 16.2 Å². The van der Waals surface area contributed by atoms with Crippen molar-refractivity contribution in [1.29, 1.82) is 0 Å². The standard InChI is InChI=1S/C25H24ClIN2O5/c1-2-33-21-13-16(12-20(27)22(21)34-14-15-7-9-17(26)10-8-15)11-19-23(30)28-25(32)29(24(19)31)18-5-3-4-6-18/h7-13,18H,2-6,14H2,1H3,(H,28,30,32)/b19-11+. The molecule has 0 atom stereocenters. The molecule has 1 saturated heterocycles. The van der Waals surface area contributed by atoms with Crippen LogP contribution in [0.3, 0.4) is 0 Å². The number of carbonyl (C=O) groups is 3. The van der Waals surface area contributed by atoms with E-state index in [1.165, 1.54) is 11.0 Å². The van der Waals surface area contributed by atoms with Crippen molar-refractivity contribution in [2.45, 2.75) is 45.3 Å². The van der Waals surface area contributed by atoms with Crippen LogP contribution >= 0.6 is 34.2 Å². The molecule has 4 rings (SSSR count). The molecule has 4 amide bonds. The predicted octanol–water partition coefficient (Wildman–Crippen LogP) is 5.33. The summed E-state index contributed by atoms with van der Waals surface area (Å²) in [4.78, 5) is 39.1. The van der Waals surface area contributed by atoms with Crippen LogP contribution < -0.4 is 14.8 Å². The highest BCUT2D eigenvalue weighted by Crippen LogP contribution is 2.36. The van der Waals surface area contributed by atoms with Crippen LogP contribution in [0.2, 0.25) is 5.02 Å². The van der Waals surface area contributed by atoms with Crippen LogP contribution in [0, 0.1) is 3.57 Å². The van der Waals surface area contributed by atoms with E-state index in [-0.39, 0.29) is 11.6 Å². The van der Waals surface area contributed by atoms with Crippen LogP contribution in [0.15, 0.2) is 42.0 Å².